The summed E-state index contributed by atoms with van der Waals surface area (Å²) in [4.78, 5) is 4.88. The van der Waals surface area contributed by atoms with Crippen molar-refractivity contribution in [3.8, 4) is 6.07 Å². The predicted molar refractivity (Wildman–Crippen MR) is 93.0 cm³/mol. The number of nitriles is 1. The van der Waals surface area contributed by atoms with Crippen LogP contribution >= 0.6 is 0 Å². The predicted octanol–water partition coefficient (Wildman–Crippen LogP) is 2.62. The Bertz CT molecular complexity index is 516. The van der Waals surface area contributed by atoms with E-state index in [1.807, 2.05) is 24.3 Å². The maximum atomic E-state index is 10.5. The molecule has 0 bridgehead atoms. The third kappa shape index (κ3) is 5.31. The summed E-state index contributed by atoms with van der Waals surface area (Å²) in [5.41, 5.74) is 1.44. The summed E-state index contributed by atoms with van der Waals surface area (Å²) in [6, 6.07) is 10.0. The van der Waals surface area contributed by atoms with Gasteiger partial charge in [-0.1, -0.05) is 26.0 Å². The van der Waals surface area contributed by atoms with Gasteiger partial charge in [0, 0.05) is 26.2 Å². The number of aliphatic hydroxyl groups is 1. The van der Waals surface area contributed by atoms with Gasteiger partial charge >= 0.3 is 0 Å². The largest absolute Gasteiger partial charge is 0.389 e. The Hall–Kier alpha value is -1.41. The summed E-state index contributed by atoms with van der Waals surface area (Å²) in [7, 11) is 0. The van der Waals surface area contributed by atoms with Crippen LogP contribution in [0.2, 0.25) is 0 Å². The van der Waals surface area contributed by atoms with Crippen molar-refractivity contribution >= 4 is 0 Å². The van der Waals surface area contributed by atoms with Crippen LogP contribution in [0.25, 0.3) is 0 Å². The molecule has 0 radical (unpaired) electrons. The zero-order chi connectivity index (χ0) is 16.7. The number of β-amino-alcohol motifs (C(OH)–C–C–N with tert-alkyl or cyclic N) is 1. The smallest absolute Gasteiger partial charge is 0.0991 e. The van der Waals surface area contributed by atoms with Crippen LogP contribution in [0.1, 0.15) is 44.2 Å². The van der Waals surface area contributed by atoms with Gasteiger partial charge in [-0.15, -0.1) is 0 Å². The maximum Gasteiger partial charge on any atom is 0.0991 e. The molecule has 1 fully saturated rings. The minimum Gasteiger partial charge on any atom is -0.389 e. The molecule has 0 spiro atoms. The normalized spacial score (nSPS) is 17.7. The summed E-state index contributed by atoms with van der Waals surface area (Å²) in [5, 5.41) is 19.4. The molecule has 0 amide bonds. The van der Waals surface area contributed by atoms with Crippen LogP contribution in [0.5, 0.6) is 0 Å². The summed E-state index contributed by atoms with van der Waals surface area (Å²) in [5.74, 6) is 0. The Balaban J connectivity index is 1.87. The molecule has 1 aliphatic rings. The van der Waals surface area contributed by atoms with Gasteiger partial charge < -0.3 is 5.11 Å². The highest BCUT2D eigenvalue weighted by molar-refractivity contribution is 5.31. The molecule has 1 saturated heterocycles. The van der Waals surface area contributed by atoms with E-state index < -0.39 is 5.60 Å². The van der Waals surface area contributed by atoms with E-state index in [4.69, 9.17) is 5.26 Å². The number of hydrogen-bond donors (Lipinski definition) is 1. The van der Waals surface area contributed by atoms with Crippen molar-refractivity contribution in [1.82, 2.24) is 9.80 Å². The van der Waals surface area contributed by atoms with E-state index in [1.165, 1.54) is 5.56 Å². The molecule has 0 saturated carbocycles. The van der Waals surface area contributed by atoms with Crippen LogP contribution < -0.4 is 0 Å². The van der Waals surface area contributed by atoms with Crippen molar-refractivity contribution in [3.05, 3.63) is 35.4 Å². The van der Waals surface area contributed by atoms with Crippen LogP contribution in [0.3, 0.4) is 0 Å². The average Bonchev–Trinajstić information content (AvgIpc) is 2.80. The molecule has 0 unspecified atom stereocenters. The first-order valence-electron chi connectivity index (χ1n) is 8.74. The second kappa shape index (κ2) is 8.44. The molecule has 1 aliphatic heterocycles. The van der Waals surface area contributed by atoms with Crippen LogP contribution in [0.4, 0.5) is 0 Å². The Morgan fingerprint density at radius 3 is 2.26 bits per heavy atom. The topological polar surface area (TPSA) is 50.5 Å². The van der Waals surface area contributed by atoms with Gasteiger partial charge in [-0.25, -0.2) is 0 Å². The van der Waals surface area contributed by atoms with E-state index >= 15 is 0 Å². The molecule has 1 N–H and O–H groups in total. The van der Waals surface area contributed by atoms with E-state index in [0.717, 1.165) is 58.5 Å². The van der Waals surface area contributed by atoms with E-state index in [2.05, 4.69) is 29.7 Å². The minimum absolute atomic E-state index is 0.539. The SMILES string of the molecule is CCC(O)(CC)CN1CCCN(Cc2ccc(C#N)cc2)CC1. The zero-order valence-corrected chi connectivity index (χ0v) is 14.5. The lowest BCUT2D eigenvalue weighted by molar-refractivity contribution is -0.00239. The molecule has 23 heavy (non-hydrogen) atoms. The maximum absolute atomic E-state index is 10.5. The second-order valence-electron chi connectivity index (χ2n) is 6.65. The standard InChI is InChI=1S/C19H29N3O/c1-3-19(23,4-2)16-22-11-5-10-21(12-13-22)15-18-8-6-17(14-20)7-9-18/h6-9,23H,3-5,10-13,15-16H2,1-2H3. The molecular weight excluding hydrogens is 286 g/mol. The van der Waals surface area contributed by atoms with Gasteiger partial charge in [0.05, 0.1) is 17.2 Å². The number of benzene rings is 1. The lowest BCUT2D eigenvalue weighted by Gasteiger charge is -2.32. The second-order valence-corrected chi connectivity index (χ2v) is 6.65. The first-order valence-corrected chi connectivity index (χ1v) is 8.74. The summed E-state index contributed by atoms with van der Waals surface area (Å²) < 4.78 is 0. The Morgan fingerprint density at radius 1 is 1.04 bits per heavy atom. The molecule has 0 atom stereocenters. The van der Waals surface area contributed by atoms with Gasteiger partial charge in [-0.05, 0) is 50.0 Å². The first kappa shape index (κ1) is 17.9. The quantitative estimate of drug-likeness (QED) is 0.877. The fourth-order valence-corrected chi connectivity index (χ4v) is 3.17. The summed E-state index contributed by atoms with van der Waals surface area (Å²) >= 11 is 0. The van der Waals surface area contributed by atoms with Crippen molar-refractivity contribution in [2.24, 2.45) is 0 Å². The molecule has 1 aromatic carbocycles. The molecule has 4 heteroatoms. The van der Waals surface area contributed by atoms with Gasteiger partial charge in [0.25, 0.3) is 0 Å². The third-order valence-electron chi connectivity index (χ3n) is 5.00. The number of rotatable bonds is 6. The lowest BCUT2D eigenvalue weighted by Crippen LogP contribution is -2.43. The molecule has 0 aliphatic carbocycles. The van der Waals surface area contributed by atoms with E-state index in [-0.39, 0.29) is 0 Å². The van der Waals surface area contributed by atoms with Crippen LogP contribution in [-0.4, -0.2) is 53.2 Å². The molecule has 1 heterocycles. The molecule has 1 aromatic rings. The van der Waals surface area contributed by atoms with Crippen LogP contribution in [-0.2, 0) is 6.54 Å². The van der Waals surface area contributed by atoms with Crippen molar-refractivity contribution < 1.29 is 5.11 Å². The lowest BCUT2D eigenvalue weighted by atomic mass is 9.97. The summed E-state index contributed by atoms with van der Waals surface area (Å²) in [6.45, 7) is 10.1. The van der Waals surface area contributed by atoms with Crippen LogP contribution in [0, 0.1) is 11.3 Å². The van der Waals surface area contributed by atoms with Gasteiger partial charge in [0.1, 0.15) is 0 Å². The van der Waals surface area contributed by atoms with Gasteiger partial charge in [0.15, 0.2) is 0 Å². The summed E-state index contributed by atoms with van der Waals surface area (Å²) in [6.07, 6.45) is 2.77. The molecule has 0 aromatic heterocycles. The van der Waals surface area contributed by atoms with Gasteiger partial charge in [-0.2, -0.15) is 5.26 Å². The number of nitrogens with zero attached hydrogens (tertiary/aromatic N) is 3. The highest BCUT2D eigenvalue weighted by Crippen LogP contribution is 2.18. The van der Waals surface area contributed by atoms with Gasteiger partial charge in [-0.3, -0.25) is 9.80 Å². The molecular formula is C19H29N3O. The van der Waals surface area contributed by atoms with E-state index in [0.29, 0.717) is 5.56 Å². The number of hydrogen-bond acceptors (Lipinski definition) is 4. The Kier molecular flexibility index (Phi) is 6.59. The van der Waals surface area contributed by atoms with Crippen molar-refractivity contribution in [1.29, 1.82) is 5.26 Å². The van der Waals surface area contributed by atoms with E-state index in [9.17, 15) is 5.11 Å². The fourth-order valence-electron chi connectivity index (χ4n) is 3.17. The fraction of sp³-hybridized carbons (Fsp3) is 0.632. The van der Waals surface area contributed by atoms with Crippen molar-refractivity contribution in [2.75, 3.05) is 32.7 Å². The zero-order valence-electron chi connectivity index (χ0n) is 14.5. The Morgan fingerprint density at radius 2 is 1.65 bits per heavy atom. The van der Waals surface area contributed by atoms with Crippen molar-refractivity contribution in [3.63, 3.8) is 0 Å². The first-order chi connectivity index (χ1) is 11.1. The monoisotopic (exact) mass is 315 g/mol. The molecule has 4 nitrogen and oxygen atoms in total. The van der Waals surface area contributed by atoms with Crippen LogP contribution in [0.15, 0.2) is 24.3 Å². The molecule has 126 valence electrons. The highest BCUT2D eigenvalue weighted by atomic mass is 16.3. The van der Waals surface area contributed by atoms with Crippen molar-refractivity contribution in [2.45, 2.75) is 45.3 Å². The Labute approximate surface area is 140 Å². The minimum atomic E-state index is -0.539. The molecule has 2 rings (SSSR count). The highest BCUT2D eigenvalue weighted by Gasteiger charge is 2.26. The van der Waals surface area contributed by atoms with Gasteiger partial charge in [0.2, 0.25) is 0 Å². The average molecular weight is 315 g/mol. The van der Waals surface area contributed by atoms with E-state index in [1.54, 1.807) is 0 Å². The third-order valence-corrected chi connectivity index (χ3v) is 5.00.